The first-order valence-corrected chi connectivity index (χ1v) is 5.67. The Kier molecular flexibility index (Phi) is 3.96. The van der Waals surface area contributed by atoms with Gasteiger partial charge in [-0.2, -0.15) is 5.10 Å². The number of aryl methyl sites for hydroxylation is 1. The summed E-state index contributed by atoms with van der Waals surface area (Å²) in [6.07, 6.45) is 1.39. The quantitative estimate of drug-likeness (QED) is 0.894. The van der Waals surface area contributed by atoms with Crippen LogP contribution in [-0.2, 0) is 24.9 Å². The maximum absolute atomic E-state index is 11.4. The van der Waals surface area contributed by atoms with E-state index in [2.05, 4.69) is 10.4 Å². The number of benzene rings is 1. The Labute approximate surface area is 105 Å². The van der Waals surface area contributed by atoms with Crippen LogP contribution in [0.25, 0.3) is 0 Å². The number of amides is 1. The third kappa shape index (κ3) is 3.62. The normalized spacial score (nSPS) is 10.1. The van der Waals surface area contributed by atoms with Gasteiger partial charge in [0.25, 0.3) is 0 Å². The second-order valence-corrected chi connectivity index (χ2v) is 3.90. The molecule has 0 spiro atoms. The third-order valence-electron chi connectivity index (χ3n) is 2.40. The van der Waals surface area contributed by atoms with Gasteiger partial charge in [0, 0.05) is 13.2 Å². The van der Waals surface area contributed by atoms with Crippen LogP contribution in [0.15, 0.2) is 42.6 Å². The average Bonchev–Trinajstić information content (AvgIpc) is 2.81. The number of aromatic nitrogens is 2. The number of hydrogen-bond donors (Lipinski definition) is 1. The summed E-state index contributed by atoms with van der Waals surface area (Å²) in [5.41, 5.74) is 1.76. The van der Waals surface area contributed by atoms with E-state index < -0.39 is 6.09 Å². The fourth-order valence-electron chi connectivity index (χ4n) is 1.49. The van der Waals surface area contributed by atoms with E-state index in [1.807, 2.05) is 49.6 Å². The van der Waals surface area contributed by atoms with Crippen molar-refractivity contribution in [3.63, 3.8) is 0 Å². The van der Waals surface area contributed by atoms with Gasteiger partial charge in [-0.1, -0.05) is 30.3 Å². The summed E-state index contributed by atoms with van der Waals surface area (Å²) in [6, 6.07) is 11.4. The molecule has 0 aliphatic rings. The van der Waals surface area contributed by atoms with Gasteiger partial charge in [0.15, 0.2) is 0 Å². The number of alkyl carbamates (subject to hydrolysis) is 1. The molecule has 1 heterocycles. The molecule has 0 saturated carbocycles. The van der Waals surface area contributed by atoms with Gasteiger partial charge in [-0.25, -0.2) is 4.79 Å². The van der Waals surface area contributed by atoms with Crippen molar-refractivity contribution in [2.45, 2.75) is 13.2 Å². The lowest BCUT2D eigenvalue weighted by atomic mass is 10.2. The van der Waals surface area contributed by atoms with Crippen LogP contribution in [0, 0.1) is 0 Å². The van der Waals surface area contributed by atoms with Crippen molar-refractivity contribution in [3.8, 4) is 0 Å². The van der Waals surface area contributed by atoms with Crippen LogP contribution in [0.2, 0.25) is 0 Å². The minimum atomic E-state index is -0.440. The number of nitrogens with zero attached hydrogens (tertiary/aromatic N) is 2. The molecular weight excluding hydrogens is 230 g/mol. The molecule has 1 aromatic carbocycles. The van der Waals surface area contributed by atoms with Crippen molar-refractivity contribution in [2.24, 2.45) is 7.05 Å². The van der Waals surface area contributed by atoms with Crippen molar-refractivity contribution in [1.82, 2.24) is 15.1 Å². The first-order valence-electron chi connectivity index (χ1n) is 5.67. The van der Waals surface area contributed by atoms with Crippen LogP contribution >= 0.6 is 0 Å². The van der Waals surface area contributed by atoms with Crippen LogP contribution in [0.3, 0.4) is 0 Å². The van der Waals surface area contributed by atoms with Crippen molar-refractivity contribution < 1.29 is 9.53 Å². The first-order chi connectivity index (χ1) is 8.74. The highest BCUT2D eigenvalue weighted by molar-refractivity contribution is 5.67. The van der Waals surface area contributed by atoms with Crippen molar-refractivity contribution in [2.75, 3.05) is 0 Å². The van der Waals surface area contributed by atoms with E-state index in [-0.39, 0.29) is 6.61 Å². The number of ether oxygens (including phenoxy) is 1. The lowest BCUT2D eigenvalue weighted by molar-refractivity contribution is 0.139. The SMILES string of the molecule is Cn1ccc(CNC(=O)OCc2ccccc2)n1. The van der Waals surface area contributed by atoms with Gasteiger partial charge in [0.2, 0.25) is 0 Å². The Morgan fingerprint density at radius 1 is 1.33 bits per heavy atom. The van der Waals surface area contributed by atoms with E-state index in [1.165, 1.54) is 0 Å². The standard InChI is InChI=1S/C13H15N3O2/c1-16-8-7-12(15-16)9-14-13(17)18-10-11-5-3-2-4-6-11/h2-8H,9-10H2,1H3,(H,14,17). The second-order valence-electron chi connectivity index (χ2n) is 3.90. The highest BCUT2D eigenvalue weighted by Gasteiger charge is 2.03. The Morgan fingerprint density at radius 3 is 2.78 bits per heavy atom. The summed E-state index contributed by atoms with van der Waals surface area (Å²) in [4.78, 5) is 11.4. The zero-order chi connectivity index (χ0) is 12.8. The van der Waals surface area contributed by atoms with Crippen LogP contribution in [0.1, 0.15) is 11.3 Å². The van der Waals surface area contributed by atoms with E-state index in [1.54, 1.807) is 4.68 Å². The Hall–Kier alpha value is -2.30. The van der Waals surface area contributed by atoms with Gasteiger partial charge in [0.05, 0.1) is 12.2 Å². The molecule has 0 aliphatic heterocycles. The number of rotatable bonds is 4. The summed E-state index contributed by atoms with van der Waals surface area (Å²) in [5.74, 6) is 0. The fraction of sp³-hybridized carbons (Fsp3) is 0.231. The van der Waals surface area contributed by atoms with Gasteiger partial charge in [0.1, 0.15) is 6.61 Å². The third-order valence-corrected chi connectivity index (χ3v) is 2.40. The number of hydrogen-bond acceptors (Lipinski definition) is 3. The smallest absolute Gasteiger partial charge is 0.407 e. The maximum Gasteiger partial charge on any atom is 0.407 e. The molecule has 5 nitrogen and oxygen atoms in total. The van der Waals surface area contributed by atoms with Gasteiger partial charge in [-0.3, -0.25) is 4.68 Å². The molecule has 1 amide bonds. The number of carbonyl (C=O) groups excluding carboxylic acids is 1. The molecule has 0 radical (unpaired) electrons. The summed E-state index contributed by atoms with van der Waals surface area (Å²) in [7, 11) is 1.83. The summed E-state index contributed by atoms with van der Waals surface area (Å²) in [5, 5.41) is 6.79. The topological polar surface area (TPSA) is 56.2 Å². The molecule has 0 saturated heterocycles. The summed E-state index contributed by atoms with van der Waals surface area (Å²) in [6.45, 7) is 0.642. The summed E-state index contributed by atoms with van der Waals surface area (Å²) >= 11 is 0. The molecule has 5 heteroatoms. The second kappa shape index (κ2) is 5.86. The predicted octanol–water partition coefficient (Wildman–Crippen LogP) is 1.85. The molecule has 18 heavy (non-hydrogen) atoms. The zero-order valence-corrected chi connectivity index (χ0v) is 10.2. The number of nitrogens with one attached hydrogen (secondary N) is 1. The Morgan fingerprint density at radius 2 is 2.11 bits per heavy atom. The van der Waals surface area contributed by atoms with Gasteiger partial charge in [-0.05, 0) is 11.6 Å². The molecule has 0 bridgehead atoms. The predicted molar refractivity (Wildman–Crippen MR) is 66.7 cm³/mol. The summed E-state index contributed by atoms with van der Waals surface area (Å²) < 4.78 is 6.76. The highest BCUT2D eigenvalue weighted by atomic mass is 16.5. The minimum Gasteiger partial charge on any atom is -0.445 e. The monoisotopic (exact) mass is 245 g/mol. The molecule has 0 unspecified atom stereocenters. The molecule has 0 aliphatic carbocycles. The zero-order valence-electron chi connectivity index (χ0n) is 10.2. The molecule has 1 N–H and O–H groups in total. The van der Waals surface area contributed by atoms with Crippen LogP contribution < -0.4 is 5.32 Å². The van der Waals surface area contributed by atoms with E-state index in [0.29, 0.717) is 6.54 Å². The molecule has 94 valence electrons. The minimum absolute atomic E-state index is 0.273. The maximum atomic E-state index is 11.4. The lowest BCUT2D eigenvalue weighted by Crippen LogP contribution is -2.23. The van der Waals surface area contributed by atoms with Crippen molar-refractivity contribution >= 4 is 6.09 Å². The largest absolute Gasteiger partial charge is 0.445 e. The van der Waals surface area contributed by atoms with Crippen molar-refractivity contribution in [3.05, 3.63) is 53.9 Å². The average molecular weight is 245 g/mol. The molecule has 0 fully saturated rings. The van der Waals surface area contributed by atoms with Crippen molar-refractivity contribution in [1.29, 1.82) is 0 Å². The first kappa shape index (κ1) is 12.2. The molecule has 2 aromatic rings. The number of carbonyl (C=O) groups is 1. The molecule has 1 aromatic heterocycles. The highest BCUT2D eigenvalue weighted by Crippen LogP contribution is 2.00. The van der Waals surface area contributed by atoms with E-state index in [4.69, 9.17) is 4.74 Å². The molecule has 0 atom stereocenters. The Bertz CT molecular complexity index is 508. The molecular formula is C13H15N3O2. The van der Waals surface area contributed by atoms with Gasteiger partial charge >= 0.3 is 6.09 Å². The van der Waals surface area contributed by atoms with E-state index in [0.717, 1.165) is 11.3 Å². The van der Waals surface area contributed by atoms with Gasteiger partial charge in [-0.15, -0.1) is 0 Å². The molecule has 2 rings (SSSR count). The van der Waals surface area contributed by atoms with Gasteiger partial charge < -0.3 is 10.1 Å². The lowest BCUT2D eigenvalue weighted by Gasteiger charge is -2.05. The van der Waals surface area contributed by atoms with E-state index >= 15 is 0 Å². The fourth-order valence-corrected chi connectivity index (χ4v) is 1.49. The van der Waals surface area contributed by atoms with E-state index in [9.17, 15) is 4.79 Å². The van der Waals surface area contributed by atoms with Crippen LogP contribution in [-0.4, -0.2) is 15.9 Å². The Balaban J connectivity index is 1.73. The van der Waals surface area contributed by atoms with Crippen LogP contribution in [0.5, 0.6) is 0 Å². The van der Waals surface area contributed by atoms with Crippen LogP contribution in [0.4, 0.5) is 4.79 Å².